The van der Waals surface area contributed by atoms with Crippen LogP contribution in [0.1, 0.15) is 36.8 Å². The van der Waals surface area contributed by atoms with E-state index in [0.29, 0.717) is 10.7 Å². The van der Waals surface area contributed by atoms with Crippen LogP contribution in [0.5, 0.6) is 0 Å². The van der Waals surface area contributed by atoms with Gasteiger partial charge in [-0.15, -0.1) is 0 Å². The molecule has 2 aromatic heterocycles. The summed E-state index contributed by atoms with van der Waals surface area (Å²) in [6, 6.07) is 9.97. The topological polar surface area (TPSA) is 81.0 Å². The number of hydroxylamine groups is 2. The quantitative estimate of drug-likeness (QED) is 0.674. The second-order valence-corrected chi connectivity index (χ2v) is 5.42. The first kappa shape index (κ1) is 14.1. The molecule has 7 nitrogen and oxygen atoms in total. The van der Waals surface area contributed by atoms with Gasteiger partial charge in [0.2, 0.25) is 0 Å². The number of amides is 2. The number of imide groups is 1. The predicted octanol–water partition coefficient (Wildman–Crippen LogP) is 2.01. The monoisotopic (exact) mass is 321 g/mol. The number of rotatable bonds is 2. The number of benzene rings is 1. The number of aromatic nitrogens is 2. The van der Waals surface area contributed by atoms with Gasteiger partial charge in [0.25, 0.3) is 11.8 Å². The van der Waals surface area contributed by atoms with E-state index in [1.165, 1.54) is 18.3 Å². The van der Waals surface area contributed by atoms with Gasteiger partial charge in [-0.3, -0.25) is 9.59 Å². The van der Waals surface area contributed by atoms with E-state index in [-0.39, 0.29) is 16.8 Å². The van der Waals surface area contributed by atoms with Crippen LogP contribution in [-0.2, 0) is 4.84 Å². The fourth-order valence-electron chi connectivity index (χ4n) is 2.56. The van der Waals surface area contributed by atoms with Gasteiger partial charge in [-0.25, -0.2) is 9.78 Å². The average Bonchev–Trinajstić information content (AvgIpc) is 3.10. The molecule has 2 amide bonds. The minimum Gasteiger partial charge on any atom is -0.322 e. The zero-order chi connectivity index (χ0) is 16.8. The summed E-state index contributed by atoms with van der Waals surface area (Å²) < 4.78 is 1.66. The molecule has 24 heavy (non-hydrogen) atoms. The van der Waals surface area contributed by atoms with Gasteiger partial charge in [0.1, 0.15) is 5.65 Å². The summed E-state index contributed by atoms with van der Waals surface area (Å²) in [5.41, 5.74) is 2.00. The zero-order valence-electron chi connectivity index (χ0n) is 12.6. The van der Waals surface area contributed by atoms with E-state index in [4.69, 9.17) is 4.84 Å². The molecule has 0 atom stereocenters. The Labute approximate surface area is 136 Å². The van der Waals surface area contributed by atoms with Crippen LogP contribution in [0.2, 0.25) is 0 Å². The predicted molar refractivity (Wildman–Crippen MR) is 82.3 cm³/mol. The molecule has 1 aliphatic rings. The molecule has 118 valence electrons. The molecule has 0 unspecified atom stereocenters. The van der Waals surface area contributed by atoms with E-state index < -0.39 is 17.8 Å². The number of fused-ring (bicyclic) bond motifs is 2. The van der Waals surface area contributed by atoms with Crippen molar-refractivity contribution in [1.29, 1.82) is 0 Å². The van der Waals surface area contributed by atoms with Crippen LogP contribution in [0.25, 0.3) is 5.65 Å². The van der Waals surface area contributed by atoms with Gasteiger partial charge in [-0.2, -0.15) is 0 Å². The van der Waals surface area contributed by atoms with Gasteiger partial charge >= 0.3 is 5.97 Å². The molecule has 0 N–H and O–H groups in total. The van der Waals surface area contributed by atoms with Crippen LogP contribution >= 0.6 is 0 Å². The Kier molecular flexibility index (Phi) is 2.96. The fraction of sp³-hybridized carbons (Fsp3) is 0.0588. The maximum atomic E-state index is 12.3. The normalized spacial score (nSPS) is 13.5. The maximum absolute atomic E-state index is 12.3. The molecule has 3 heterocycles. The summed E-state index contributed by atoms with van der Waals surface area (Å²) in [5.74, 6) is -2.20. The zero-order valence-corrected chi connectivity index (χ0v) is 12.6. The first-order chi connectivity index (χ1) is 11.5. The second kappa shape index (κ2) is 5.02. The Morgan fingerprint density at radius 2 is 1.75 bits per heavy atom. The van der Waals surface area contributed by atoms with E-state index in [1.807, 2.05) is 13.0 Å². The van der Waals surface area contributed by atoms with E-state index >= 15 is 0 Å². The van der Waals surface area contributed by atoms with Crippen molar-refractivity contribution in [3.8, 4) is 0 Å². The van der Waals surface area contributed by atoms with Crippen LogP contribution in [0.15, 0.2) is 48.8 Å². The highest BCUT2D eigenvalue weighted by molar-refractivity contribution is 6.21. The van der Waals surface area contributed by atoms with Crippen molar-refractivity contribution in [2.75, 3.05) is 0 Å². The molecule has 4 rings (SSSR count). The molecular formula is C17H11N3O4. The van der Waals surface area contributed by atoms with Gasteiger partial charge in [-0.05, 0) is 36.8 Å². The summed E-state index contributed by atoms with van der Waals surface area (Å²) in [7, 11) is 0. The number of imidazole rings is 1. The highest BCUT2D eigenvalue weighted by atomic mass is 16.7. The Morgan fingerprint density at radius 1 is 1.08 bits per heavy atom. The number of carbonyl (C=O) groups excluding carboxylic acids is 3. The average molecular weight is 321 g/mol. The highest BCUT2D eigenvalue weighted by Crippen LogP contribution is 2.23. The van der Waals surface area contributed by atoms with Crippen molar-refractivity contribution < 1.29 is 19.2 Å². The van der Waals surface area contributed by atoms with Crippen molar-refractivity contribution in [1.82, 2.24) is 14.4 Å². The van der Waals surface area contributed by atoms with Crippen molar-refractivity contribution >= 4 is 23.4 Å². The number of pyridine rings is 1. The summed E-state index contributed by atoms with van der Waals surface area (Å²) in [6.45, 7) is 1.91. The third kappa shape index (κ3) is 2.06. The largest absolute Gasteiger partial charge is 0.383 e. The molecule has 0 saturated carbocycles. The third-order valence-corrected chi connectivity index (χ3v) is 3.76. The molecule has 0 bridgehead atoms. The van der Waals surface area contributed by atoms with Crippen molar-refractivity contribution in [3.63, 3.8) is 0 Å². The standard InChI is InChI=1S/C17H11N3O4/c1-10-6-7-19-9-13(18-14(19)8-10)17(23)24-20-15(21)11-4-2-3-5-12(11)16(20)22/h2-9H,1H3. The molecule has 1 aliphatic heterocycles. The lowest BCUT2D eigenvalue weighted by Crippen LogP contribution is -2.32. The second-order valence-electron chi connectivity index (χ2n) is 5.42. The molecule has 0 aliphatic carbocycles. The molecular weight excluding hydrogens is 310 g/mol. The number of aryl methyl sites for hydroxylation is 1. The van der Waals surface area contributed by atoms with E-state index in [9.17, 15) is 14.4 Å². The Bertz CT molecular complexity index is 987. The fourth-order valence-corrected chi connectivity index (χ4v) is 2.56. The van der Waals surface area contributed by atoms with Crippen molar-refractivity contribution in [2.24, 2.45) is 0 Å². The van der Waals surface area contributed by atoms with Crippen LogP contribution in [-0.4, -0.2) is 32.2 Å². The SMILES string of the molecule is Cc1ccn2cc(C(=O)ON3C(=O)c4ccccc4C3=O)nc2c1. The minimum absolute atomic E-state index is 0.0113. The van der Waals surface area contributed by atoms with Crippen molar-refractivity contribution in [2.45, 2.75) is 6.92 Å². The number of carbonyl (C=O) groups is 3. The first-order valence-electron chi connectivity index (χ1n) is 7.20. The Morgan fingerprint density at radius 3 is 2.42 bits per heavy atom. The smallest absolute Gasteiger partial charge is 0.322 e. The van der Waals surface area contributed by atoms with E-state index in [0.717, 1.165) is 5.56 Å². The van der Waals surface area contributed by atoms with Crippen molar-refractivity contribution in [3.05, 3.63) is 71.2 Å². The van der Waals surface area contributed by atoms with Crippen LogP contribution in [0, 0.1) is 6.92 Å². The Balaban J connectivity index is 1.62. The summed E-state index contributed by atoms with van der Waals surface area (Å²) in [4.78, 5) is 45.8. The van der Waals surface area contributed by atoms with Gasteiger partial charge in [0.15, 0.2) is 5.69 Å². The number of hydrogen-bond acceptors (Lipinski definition) is 5. The van der Waals surface area contributed by atoms with E-state index in [2.05, 4.69) is 4.98 Å². The number of nitrogens with zero attached hydrogens (tertiary/aromatic N) is 3. The van der Waals surface area contributed by atoms with Crippen LogP contribution in [0.4, 0.5) is 0 Å². The van der Waals surface area contributed by atoms with Gasteiger partial charge < -0.3 is 9.24 Å². The lowest BCUT2D eigenvalue weighted by molar-refractivity contribution is -0.0588. The van der Waals surface area contributed by atoms with Crippen LogP contribution < -0.4 is 0 Å². The third-order valence-electron chi connectivity index (χ3n) is 3.76. The highest BCUT2D eigenvalue weighted by Gasteiger charge is 2.39. The maximum Gasteiger partial charge on any atom is 0.383 e. The lowest BCUT2D eigenvalue weighted by atomic mass is 10.1. The molecule has 0 saturated heterocycles. The van der Waals surface area contributed by atoms with Gasteiger partial charge in [-0.1, -0.05) is 17.2 Å². The Hall–Kier alpha value is -3.48. The first-order valence-corrected chi connectivity index (χ1v) is 7.20. The molecule has 7 heteroatoms. The molecule has 1 aromatic carbocycles. The minimum atomic E-state index is -0.870. The molecule has 3 aromatic rings. The van der Waals surface area contributed by atoms with Gasteiger partial charge in [0, 0.05) is 12.4 Å². The lowest BCUT2D eigenvalue weighted by Gasteiger charge is -2.11. The molecule has 0 spiro atoms. The molecule has 0 radical (unpaired) electrons. The summed E-state index contributed by atoms with van der Waals surface area (Å²) >= 11 is 0. The summed E-state index contributed by atoms with van der Waals surface area (Å²) in [5, 5.41) is 0.474. The summed E-state index contributed by atoms with van der Waals surface area (Å²) in [6.07, 6.45) is 3.24. The molecule has 0 fully saturated rings. The van der Waals surface area contributed by atoms with Crippen LogP contribution in [0.3, 0.4) is 0 Å². The number of hydrogen-bond donors (Lipinski definition) is 0. The van der Waals surface area contributed by atoms with Gasteiger partial charge in [0.05, 0.1) is 11.1 Å². The van der Waals surface area contributed by atoms with E-state index in [1.54, 1.807) is 28.8 Å².